The molecule has 1 heterocycles. The number of hydrogen-bond acceptors (Lipinski definition) is 5. The van der Waals surface area contributed by atoms with E-state index in [0.717, 1.165) is 24.4 Å². The van der Waals surface area contributed by atoms with Gasteiger partial charge in [0, 0.05) is 18.0 Å². The highest BCUT2D eigenvalue weighted by molar-refractivity contribution is 7.08. The zero-order chi connectivity index (χ0) is 14.9. The third kappa shape index (κ3) is 3.33. The Morgan fingerprint density at radius 1 is 1.40 bits per heavy atom. The summed E-state index contributed by atoms with van der Waals surface area (Å²) in [6.07, 6.45) is 1.87. The van der Waals surface area contributed by atoms with E-state index in [-0.39, 0.29) is 30.3 Å². The number of aliphatic carboxylic acids is 1. The van der Waals surface area contributed by atoms with Gasteiger partial charge in [-0.1, -0.05) is 25.3 Å². The van der Waals surface area contributed by atoms with Crippen molar-refractivity contribution in [3.05, 3.63) is 10.6 Å². The van der Waals surface area contributed by atoms with Crippen LogP contribution < -0.4 is 0 Å². The van der Waals surface area contributed by atoms with Crippen molar-refractivity contribution in [3.8, 4) is 0 Å². The van der Waals surface area contributed by atoms with Gasteiger partial charge in [0.1, 0.15) is 4.88 Å². The van der Waals surface area contributed by atoms with Crippen LogP contribution in [-0.2, 0) is 10.2 Å². The number of nitrogens with zero attached hydrogens (tertiary/aromatic N) is 3. The fourth-order valence-corrected chi connectivity index (χ4v) is 2.84. The third-order valence-corrected chi connectivity index (χ3v) is 3.92. The van der Waals surface area contributed by atoms with Crippen LogP contribution >= 0.6 is 11.5 Å². The van der Waals surface area contributed by atoms with E-state index in [2.05, 4.69) is 9.59 Å². The van der Waals surface area contributed by atoms with E-state index < -0.39 is 5.97 Å². The summed E-state index contributed by atoms with van der Waals surface area (Å²) in [6, 6.07) is 0.178. The molecule has 0 unspecified atom stereocenters. The van der Waals surface area contributed by atoms with Crippen LogP contribution in [0.5, 0.6) is 0 Å². The first-order valence-corrected chi connectivity index (χ1v) is 7.43. The lowest BCUT2D eigenvalue weighted by atomic mass is 9.91. The first-order chi connectivity index (χ1) is 9.30. The maximum Gasteiger partial charge on any atom is 0.305 e. The van der Waals surface area contributed by atoms with Gasteiger partial charge in [0.25, 0.3) is 5.91 Å². The molecule has 0 saturated heterocycles. The SMILES string of the molecule is CC(C)(C)c1nnsc1C(=O)N(CCC(=O)O)C1CC1. The minimum absolute atomic E-state index is 0.0284. The molecule has 110 valence electrons. The van der Waals surface area contributed by atoms with Crippen LogP contribution in [0.25, 0.3) is 0 Å². The molecule has 1 aromatic rings. The Balaban J connectivity index is 2.20. The van der Waals surface area contributed by atoms with Crippen molar-refractivity contribution < 1.29 is 14.7 Å². The van der Waals surface area contributed by atoms with Crippen LogP contribution in [0.2, 0.25) is 0 Å². The van der Waals surface area contributed by atoms with E-state index in [9.17, 15) is 9.59 Å². The number of carboxylic acids is 1. The van der Waals surface area contributed by atoms with Gasteiger partial charge in [0.15, 0.2) is 0 Å². The molecule has 0 atom stereocenters. The second-order valence-corrected chi connectivity index (χ2v) is 6.83. The van der Waals surface area contributed by atoms with Gasteiger partial charge in [0.05, 0.1) is 12.1 Å². The average Bonchev–Trinajstić information content (AvgIpc) is 3.03. The molecule has 0 radical (unpaired) electrons. The lowest BCUT2D eigenvalue weighted by molar-refractivity contribution is -0.137. The number of carbonyl (C=O) groups excluding carboxylic acids is 1. The standard InChI is InChI=1S/C13H19N3O3S/c1-13(2,3)11-10(20-15-14-11)12(19)16(8-4-5-8)7-6-9(17)18/h8H,4-7H2,1-3H3,(H,17,18). The zero-order valence-electron chi connectivity index (χ0n) is 11.9. The minimum Gasteiger partial charge on any atom is -0.481 e. The topological polar surface area (TPSA) is 83.4 Å². The van der Waals surface area contributed by atoms with Crippen molar-refractivity contribution in [1.82, 2.24) is 14.5 Å². The molecule has 2 rings (SSSR count). The van der Waals surface area contributed by atoms with E-state index in [0.29, 0.717) is 10.6 Å². The Hall–Kier alpha value is -1.50. The molecule has 7 heteroatoms. The molecule has 6 nitrogen and oxygen atoms in total. The predicted octanol–water partition coefficient (Wildman–Crippen LogP) is 1.91. The van der Waals surface area contributed by atoms with Gasteiger partial charge in [-0.15, -0.1) is 5.10 Å². The van der Waals surface area contributed by atoms with Crippen LogP contribution in [0.15, 0.2) is 0 Å². The van der Waals surface area contributed by atoms with Crippen molar-refractivity contribution in [2.75, 3.05) is 6.54 Å². The summed E-state index contributed by atoms with van der Waals surface area (Å²) in [5.41, 5.74) is 0.438. The summed E-state index contributed by atoms with van der Waals surface area (Å²) < 4.78 is 3.89. The normalized spacial score (nSPS) is 15.2. The second-order valence-electron chi connectivity index (χ2n) is 6.07. The Labute approximate surface area is 122 Å². The summed E-state index contributed by atoms with van der Waals surface area (Å²) in [5.74, 6) is -1.02. The predicted molar refractivity (Wildman–Crippen MR) is 74.9 cm³/mol. The van der Waals surface area contributed by atoms with E-state index in [1.807, 2.05) is 20.8 Å². The van der Waals surface area contributed by atoms with E-state index in [1.165, 1.54) is 0 Å². The summed E-state index contributed by atoms with van der Waals surface area (Å²) in [5, 5.41) is 12.9. The fourth-order valence-electron chi connectivity index (χ4n) is 2.00. The molecule has 1 saturated carbocycles. The van der Waals surface area contributed by atoms with Crippen LogP contribution in [0.3, 0.4) is 0 Å². The Kier molecular flexibility index (Phi) is 4.08. The quantitative estimate of drug-likeness (QED) is 0.897. The Morgan fingerprint density at radius 2 is 2.05 bits per heavy atom. The van der Waals surface area contributed by atoms with Gasteiger partial charge in [-0.05, 0) is 24.4 Å². The summed E-state index contributed by atoms with van der Waals surface area (Å²) in [7, 11) is 0. The smallest absolute Gasteiger partial charge is 0.305 e. The van der Waals surface area contributed by atoms with Gasteiger partial charge in [-0.3, -0.25) is 9.59 Å². The highest BCUT2D eigenvalue weighted by atomic mass is 32.1. The largest absolute Gasteiger partial charge is 0.481 e. The molecular weight excluding hydrogens is 278 g/mol. The molecule has 1 N–H and O–H groups in total. The average molecular weight is 297 g/mol. The van der Waals surface area contributed by atoms with Gasteiger partial charge in [-0.2, -0.15) is 0 Å². The monoisotopic (exact) mass is 297 g/mol. The molecular formula is C13H19N3O3S. The minimum atomic E-state index is -0.887. The second kappa shape index (κ2) is 5.47. The van der Waals surface area contributed by atoms with Crippen molar-refractivity contribution in [2.24, 2.45) is 0 Å². The number of amides is 1. The molecule has 0 aromatic carbocycles. The molecule has 1 aliphatic carbocycles. The first-order valence-electron chi connectivity index (χ1n) is 6.66. The van der Waals surface area contributed by atoms with Crippen LogP contribution in [0, 0.1) is 0 Å². The summed E-state index contributed by atoms with van der Waals surface area (Å²) in [4.78, 5) is 25.6. The molecule has 1 fully saturated rings. The zero-order valence-corrected chi connectivity index (χ0v) is 12.7. The summed E-state index contributed by atoms with van der Waals surface area (Å²) in [6.45, 7) is 6.21. The van der Waals surface area contributed by atoms with Crippen LogP contribution in [0.4, 0.5) is 0 Å². The van der Waals surface area contributed by atoms with Gasteiger partial charge < -0.3 is 10.0 Å². The van der Waals surface area contributed by atoms with Crippen molar-refractivity contribution >= 4 is 23.4 Å². The van der Waals surface area contributed by atoms with Gasteiger partial charge in [-0.25, -0.2) is 0 Å². The maximum atomic E-state index is 12.6. The molecule has 1 aliphatic rings. The highest BCUT2D eigenvalue weighted by Crippen LogP contribution is 2.32. The molecule has 20 heavy (non-hydrogen) atoms. The summed E-state index contributed by atoms with van der Waals surface area (Å²) >= 11 is 1.09. The van der Waals surface area contributed by atoms with Crippen molar-refractivity contribution in [3.63, 3.8) is 0 Å². The molecule has 0 aliphatic heterocycles. The van der Waals surface area contributed by atoms with Crippen molar-refractivity contribution in [1.29, 1.82) is 0 Å². The number of aromatic nitrogens is 2. The highest BCUT2D eigenvalue weighted by Gasteiger charge is 2.36. The lowest BCUT2D eigenvalue weighted by Gasteiger charge is -2.23. The van der Waals surface area contributed by atoms with Crippen LogP contribution in [0.1, 0.15) is 55.4 Å². The molecule has 0 spiro atoms. The Bertz CT molecular complexity index is 517. The lowest BCUT2D eigenvalue weighted by Crippen LogP contribution is -2.35. The maximum absolute atomic E-state index is 12.6. The number of carbonyl (C=O) groups is 2. The first kappa shape index (κ1) is 14.9. The molecule has 1 aromatic heterocycles. The number of hydrogen-bond donors (Lipinski definition) is 1. The Morgan fingerprint density at radius 3 is 2.55 bits per heavy atom. The molecule has 1 amide bonds. The number of carboxylic acid groups (broad SMARTS) is 1. The van der Waals surface area contributed by atoms with E-state index >= 15 is 0 Å². The van der Waals surface area contributed by atoms with E-state index in [4.69, 9.17) is 5.11 Å². The number of rotatable bonds is 5. The van der Waals surface area contributed by atoms with Crippen LogP contribution in [-0.4, -0.2) is 44.1 Å². The van der Waals surface area contributed by atoms with Gasteiger partial charge in [0.2, 0.25) is 0 Å². The third-order valence-electron chi connectivity index (χ3n) is 3.21. The molecule has 0 bridgehead atoms. The van der Waals surface area contributed by atoms with Crippen molar-refractivity contribution in [2.45, 2.75) is 51.5 Å². The van der Waals surface area contributed by atoms with E-state index in [1.54, 1.807) is 4.90 Å². The fraction of sp³-hybridized carbons (Fsp3) is 0.692. The van der Waals surface area contributed by atoms with Gasteiger partial charge >= 0.3 is 5.97 Å².